The van der Waals surface area contributed by atoms with Crippen molar-refractivity contribution >= 4 is 65.4 Å². The smallest absolute Gasteiger partial charge is 0.0564 e. The van der Waals surface area contributed by atoms with Crippen LogP contribution in [0.5, 0.6) is 0 Å². The fourth-order valence-corrected chi connectivity index (χ4v) is 12.4. The number of rotatable bonds is 6. The van der Waals surface area contributed by atoms with Gasteiger partial charge in [0.2, 0.25) is 0 Å². The number of fused-ring (bicyclic) bond motifs is 12. The van der Waals surface area contributed by atoms with Crippen LogP contribution in [0.1, 0.15) is 25.0 Å². The van der Waals surface area contributed by atoms with Gasteiger partial charge in [-0.05, 0) is 129 Å². The molecule has 3 heteroatoms. The molecular weight excluding hydrogens is 871 g/mol. The third-order valence-electron chi connectivity index (χ3n) is 15.8. The summed E-state index contributed by atoms with van der Waals surface area (Å²) < 4.78 is 7.54. The van der Waals surface area contributed by atoms with Gasteiger partial charge in [0.25, 0.3) is 0 Å². The number of hydrogen-bond acceptors (Lipinski definition) is 0. The molecule has 11 aromatic carbocycles. The largest absolute Gasteiger partial charge is 0.309 e. The van der Waals surface area contributed by atoms with Crippen LogP contribution in [0.4, 0.5) is 0 Å². The van der Waals surface area contributed by atoms with E-state index in [1.54, 1.807) is 0 Å². The summed E-state index contributed by atoms with van der Waals surface area (Å²) in [6.45, 7) is 4.87. The van der Waals surface area contributed by atoms with Crippen LogP contribution in [-0.4, -0.2) is 13.7 Å². The Labute approximate surface area is 417 Å². The molecule has 1 aliphatic carbocycles. The van der Waals surface area contributed by atoms with Crippen molar-refractivity contribution in [3.63, 3.8) is 0 Å². The molecule has 0 aliphatic heterocycles. The maximum atomic E-state index is 2.56. The minimum absolute atomic E-state index is 0.358. The summed E-state index contributed by atoms with van der Waals surface area (Å²) in [7, 11) is 0. The van der Waals surface area contributed by atoms with Gasteiger partial charge in [0.05, 0.1) is 38.8 Å². The highest BCUT2D eigenvalue weighted by molar-refractivity contribution is 6.14. The van der Waals surface area contributed by atoms with E-state index in [2.05, 4.69) is 276 Å². The second-order valence-corrected chi connectivity index (χ2v) is 20.1. The zero-order chi connectivity index (χ0) is 47.7. The van der Waals surface area contributed by atoms with Gasteiger partial charge < -0.3 is 13.7 Å². The molecule has 15 rings (SSSR count). The average molecular weight is 918 g/mol. The normalized spacial score (nSPS) is 13.0. The molecule has 0 spiro atoms. The van der Waals surface area contributed by atoms with E-state index in [0.717, 1.165) is 11.4 Å². The van der Waals surface area contributed by atoms with Gasteiger partial charge in [-0.25, -0.2) is 0 Å². The molecule has 72 heavy (non-hydrogen) atoms. The molecule has 0 N–H and O–H groups in total. The van der Waals surface area contributed by atoms with Gasteiger partial charge in [-0.15, -0.1) is 0 Å². The predicted octanol–water partition coefficient (Wildman–Crippen LogP) is 18.3. The van der Waals surface area contributed by atoms with Crippen molar-refractivity contribution in [2.45, 2.75) is 19.3 Å². The number of aromatic nitrogens is 3. The van der Waals surface area contributed by atoms with Crippen molar-refractivity contribution in [3.05, 3.63) is 260 Å². The molecule has 3 heterocycles. The predicted molar refractivity (Wildman–Crippen MR) is 303 cm³/mol. The molecule has 0 saturated heterocycles. The van der Waals surface area contributed by atoms with E-state index in [1.165, 1.54) is 127 Å². The van der Waals surface area contributed by atoms with Crippen molar-refractivity contribution in [1.82, 2.24) is 13.7 Å². The van der Waals surface area contributed by atoms with E-state index in [0.29, 0.717) is 0 Å². The molecule has 0 unspecified atom stereocenters. The summed E-state index contributed by atoms with van der Waals surface area (Å²) >= 11 is 0. The van der Waals surface area contributed by atoms with Crippen LogP contribution in [0.2, 0.25) is 0 Å². The molecule has 0 amide bonds. The topological polar surface area (TPSA) is 14.8 Å². The SMILES string of the molecule is CC1(C)c2cc(-n3c4ccccc4c4cc(-c5ccccc5)ccc43)ccc2-c2c(-n3c4ccccc4c4cc(-c5ccccc5)ccc43)cc(-n3c4ccccc4c4cc(-c5ccccc5)ccc43)cc21. The molecular formula is C69H47N3. The fourth-order valence-electron chi connectivity index (χ4n) is 12.4. The highest BCUT2D eigenvalue weighted by Crippen LogP contribution is 2.54. The Hall–Kier alpha value is -9.18. The number of nitrogens with zero attached hydrogens (tertiary/aromatic N) is 3. The summed E-state index contributed by atoms with van der Waals surface area (Å²) in [6, 6.07) is 92.2. The summed E-state index contributed by atoms with van der Waals surface area (Å²) in [5, 5.41) is 7.48. The molecule has 0 fully saturated rings. The van der Waals surface area contributed by atoms with Gasteiger partial charge in [0.15, 0.2) is 0 Å². The van der Waals surface area contributed by atoms with E-state index in [9.17, 15) is 0 Å². The molecule has 14 aromatic rings. The Kier molecular flexibility index (Phi) is 8.71. The Bertz CT molecular complexity index is 4510. The molecule has 0 radical (unpaired) electrons. The average Bonchev–Trinajstić information content (AvgIpc) is 4.14. The first-order valence-corrected chi connectivity index (χ1v) is 25.1. The quantitative estimate of drug-likeness (QED) is 0.158. The van der Waals surface area contributed by atoms with Crippen LogP contribution in [0.25, 0.3) is 127 Å². The third kappa shape index (κ3) is 5.91. The third-order valence-corrected chi connectivity index (χ3v) is 15.8. The van der Waals surface area contributed by atoms with Gasteiger partial charge in [-0.1, -0.05) is 184 Å². The van der Waals surface area contributed by atoms with Crippen molar-refractivity contribution in [2.75, 3.05) is 0 Å². The van der Waals surface area contributed by atoms with Crippen LogP contribution < -0.4 is 0 Å². The lowest BCUT2D eigenvalue weighted by molar-refractivity contribution is 0.659. The maximum Gasteiger partial charge on any atom is 0.0564 e. The van der Waals surface area contributed by atoms with E-state index in [-0.39, 0.29) is 5.41 Å². The summed E-state index contributed by atoms with van der Waals surface area (Å²) in [5.41, 5.74) is 22.8. The molecule has 1 aliphatic rings. The second-order valence-electron chi connectivity index (χ2n) is 20.1. The Morgan fingerprint density at radius 2 is 0.639 bits per heavy atom. The van der Waals surface area contributed by atoms with Crippen molar-refractivity contribution in [2.24, 2.45) is 0 Å². The van der Waals surface area contributed by atoms with Gasteiger partial charge >= 0.3 is 0 Å². The van der Waals surface area contributed by atoms with Crippen LogP contribution in [0.15, 0.2) is 249 Å². The first-order valence-electron chi connectivity index (χ1n) is 25.1. The standard InChI is InChI=1S/C69H47N3/c1-69(2)59-41-50(70-61-27-15-12-24-52(61)56-38-47(30-35-64(56)70)44-18-6-3-7-19-44)33-34-55(59)68-60(69)42-51(71-62-28-16-13-25-53(62)57-39-48(31-36-65(57)71)45-20-8-4-9-21-45)43-67(68)72-63-29-17-14-26-54(63)58-40-49(32-37-66(58)72)46-22-10-5-11-23-46/h3-43H,1-2H3. The first kappa shape index (κ1) is 40.7. The lowest BCUT2D eigenvalue weighted by Crippen LogP contribution is -2.16. The minimum Gasteiger partial charge on any atom is -0.309 e. The molecule has 3 nitrogen and oxygen atoms in total. The van der Waals surface area contributed by atoms with Crippen molar-refractivity contribution < 1.29 is 0 Å². The summed E-state index contributed by atoms with van der Waals surface area (Å²) in [4.78, 5) is 0. The second kappa shape index (κ2) is 15.4. The van der Waals surface area contributed by atoms with E-state index >= 15 is 0 Å². The number of para-hydroxylation sites is 3. The molecule has 0 saturated carbocycles. The maximum absolute atomic E-state index is 2.56. The molecule has 0 atom stereocenters. The van der Waals surface area contributed by atoms with E-state index in [4.69, 9.17) is 0 Å². The monoisotopic (exact) mass is 917 g/mol. The van der Waals surface area contributed by atoms with Crippen LogP contribution in [0, 0.1) is 0 Å². The number of benzene rings is 11. The summed E-state index contributed by atoms with van der Waals surface area (Å²) in [5.74, 6) is 0. The Morgan fingerprint density at radius 1 is 0.264 bits per heavy atom. The van der Waals surface area contributed by atoms with Crippen LogP contribution in [0.3, 0.4) is 0 Å². The van der Waals surface area contributed by atoms with E-state index in [1.807, 2.05) is 0 Å². The Morgan fingerprint density at radius 3 is 1.11 bits per heavy atom. The molecule has 3 aromatic heterocycles. The van der Waals surface area contributed by atoms with Gasteiger partial charge in [-0.3, -0.25) is 0 Å². The minimum atomic E-state index is -0.358. The van der Waals surface area contributed by atoms with Crippen LogP contribution >= 0.6 is 0 Å². The van der Waals surface area contributed by atoms with Gasteiger partial charge in [0.1, 0.15) is 0 Å². The lowest BCUT2D eigenvalue weighted by atomic mass is 9.82. The Balaban J connectivity index is 0.997. The first-order chi connectivity index (χ1) is 35.5. The number of hydrogen-bond donors (Lipinski definition) is 0. The van der Waals surface area contributed by atoms with Gasteiger partial charge in [-0.2, -0.15) is 0 Å². The molecule has 338 valence electrons. The van der Waals surface area contributed by atoms with Crippen molar-refractivity contribution in [3.8, 4) is 61.6 Å². The van der Waals surface area contributed by atoms with Crippen molar-refractivity contribution in [1.29, 1.82) is 0 Å². The zero-order valence-electron chi connectivity index (χ0n) is 40.0. The highest BCUT2D eigenvalue weighted by atomic mass is 15.0. The van der Waals surface area contributed by atoms with E-state index < -0.39 is 0 Å². The summed E-state index contributed by atoms with van der Waals surface area (Å²) in [6.07, 6.45) is 0. The zero-order valence-corrected chi connectivity index (χ0v) is 40.0. The fraction of sp³-hybridized carbons (Fsp3) is 0.0435. The van der Waals surface area contributed by atoms with Crippen LogP contribution in [-0.2, 0) is 5.41 Å². The highest BCUT2D eigenvalue weighted by Gasteiger charge is 2.39. The lowest BCUT2D eigenvalue weighted by Gasteiger charge is -2.24. The molecule has 0 bridgehead atoms. The van der Waals surface area contributed by atoms with Gasteiger partial charge in [0, 0.05) is 54.7 Å².